The summed E-state index contributed by atoms with van der Waals surface area (Å²) < 4.78 is 16.5. The van der Waals surface area contributed by atoms with Crippen LogP contribution >= 0.6 is 0 Å². The number of carbonyl (C=O) groups is 2. The van der Waals surface area contributed by atoms with Crippen molar-refractivity contribution in [2.45, 2.75) is 38.8 Å². The first kappa shape index (κ1) is 19.7. The largest absolute Gasteiger partial charge is 0.483 e. The Hall–Kier alpha value is -3.02. The molecule has 0 radical (unpaired) electrons. The van der Waals surface area contributed by atoms with Crippen LogP contribution in [-0.4, -0.2) is 30.7 Å². The van der Waals surface area contributed by atoms with Crippen molar-refractivity contribution >= 4 is 11.9 Å². The highest BCUT2D eigenvalue weighted by Gasteiger charge is 2.32. The van der Waals surface area contributed by atoms with Crippen molar-refractivity contribution in [3.05, 3.63) is 59.7 Å². The molecule has 6 nitrogen and oxygen atoms in total. The number of benzene rings is 2. The lowest BCUT2D eigenvalue weighted by Gasteiger charge is -2.18. The second kappa shape index (κ2) is 8.33. The van der Waals surface area contributed by atoms with Crippen molar-refractivity contribution in [3.63, 3.8) is 0 Å². The van der Waals surface area contributed by atoms with Crippen molar-refractivity contribution in [3.8, 4) is 11.5 Å². The minimum Gasteiger partial charge on any atom is -0.483 e. The summed E-state index contributed by atoms with van der Waals surface area (Å²) in [5, 5.41) is 2.79. The van der Waals surface area contributed by atoms with E-state index in [9.17, 15) is 9.59 Å². The monoisotopic (exact) mass is 383 g/mol. The number of rotatable bonds is 7. The summed E-state index contributed by atoms with van der Waals surface area (Å²) in [6, 6.07) is 15.0. The Balaban J connectivity index is 1.45. The van der Waals surface area contributed by atoms with Crippen LogP contribution in [-0.2, 0) is 20.7 Å². The summed E-state index contributed by atoms with van der Waals surface area (Å²) >= 11 is 0. The SMILES string of the molecule is C[C@H](NC(=O)COC(=O)COc1cccc2c1OC(C)(C)C2)c1ccccc1. The average molecular weight is 383 g/mol. The highest BCUT2D eigenvalue weighted by Crippen LogP contribution is 2.41. The van der Waals surface area contributed by atoms with Gasteiger partial charge in [0.15, 0.2) is 24.7 Å². The summed E-state index contributed by atoms with van der Waals surface area (Å²) in [5.41, 5.74) is 1.73. The fourth-order valence-corrected chi connectivity index (χ4v) is 3.13. The molecule has 0 bridgehead atoms. The second-order valence-electron chi connectivity index (χ2n) is 7.43. The van der Waals surface area contributed by atoms with Gasteiger partial charge < -0.3 is 19.5 Å². The molecule has 1 amide bonds. The number of hydrogen-bond donors (Lipinski definition) is 1. The van der Waals surface area contributed by atoms with E-state index in [2.05, 4.69) is 5.32 Å². The zero-order valence-corrected chi connectivity index (χ0v) is 16.4. The lowest BCUT2D eigenvalue weighted by Crippen LogP contribution is -2.31. The number of hydrogen-bond acceptors (Lipinski definition) is 5. The van der Waals surface area contributed by atoms with Gasteiger partial charge in [0.2, 0.25) is 0 Å². The molecule has 1 aliphatic rings. The van der Waals surface area contributed by atoms with Gasteiger partial charge in [0.25, 0.3) is 5.91 Å². The Labute approximate surface area is 164 Å². The van der Waals surface area contributed by atoms with Crippen molar-refractivity contribution in [1.29, 1.82) is 0 Å². The van der Waals surface area contributed by atoms with Crippen LogP contribution in [0.25, 0.3) is 0 Å². The molecule has 3 rings (SSSR count). The molecule has 0 fully saturated rings. The third-order valence-corrected chi connectivity index (χ3v) is 4.44. The number of fused-ring (bicyclic) bond motifs is 1. The van der Waals surface area contributed by atoms with E-state index in [1.807, 2.05) is 63.2 Å². The fourth-order valence-electron chi connectivity index (χ4n) is 3.13. The first-order chi connectivity index (χ1) is 13.3. The molecule has 2 aromatic carbocycles. The molecule has 1 N–H and O–H groups in total. The first-order valence-corrected chi connectivity index (χ1v) is 9.28. The summed E-state index contributed by atoms with van der Waals surface area (Å²) in [7, 11) is 0. The van der Waals surface area contributed by atoms with Crippen molar-refractivity contribution in [2.75, 3.05) is 13.2 Å². The van der Waals surface area contributed by atoms with Gasteiger partial charge in [-0.05, 0) is 32.4 Å². The molecule has 0 unspecified atom stereocenters. The van der Waals surface area contributed by atoms with Gasteiger partial charge in [-0.2, -0.15) is 0 Å². The van der Waals surface area contributed by atoms with E-state index in [0.717, 1.165) is 17.5 Å². The molecule has 1 aliphatic heterocycles. The Morgan fingerprint density at radius 1 is 1.11 bits per heavy atom. The fraction of sp³-hybridized carbons (Fsp3) is 0.364. The van der Waals surface area contributed by atoms with Crippen LogP contribution in [0.5, 0.6) is 11.5 Å². The Morgan fingerprint density at radius 2 is 1.86 bits per heavy atom. The Morgan fingerprint density at radius 3 is 2.61 bits per heavy atom. The van der Waals surface area contributed by atoms with Gasteiger partial charge in [0.1, 0.15) is 5.60 Å². The summed E-state index contributed by atoms with van der Waals surface area (Å²) in [6.07, 6.45) is 0.781. The predicted molar refractivity (Wildman–Crippen MR) is 104 cm³/mol. The molecule has 0 spiro atoms. The van der Waals surface area contributed by atoms with E-state index in [4.69, 9.17) is 14.2 Å². The summed E-state index contributed by atoms with van der Waals surface area (Å²) in [4.78, 5) is 23.9. The van der Waals surface area contributed by atoms with E-state index in [-0.39, 0.29) is 30.8 Å². The summed E-state index contributed by atoms with van der Waals surface area (Å²) in [5.74, 6) is 0.185. The molecular weight excluding hydrogens is 358 g/mol. The van der Waals surface area contributed by atoms with Gasteiger partial charge in [-0.1, -0.05) is 42.5 Å². The molecule has 6 heteroatoms. The van der Waals surface area contributed by atoms with Crippen LogP contribution < -0.4 is 14.8 Å². The molecule has 2 aromatic rings. The van der Waals surface area contributed by atoms with Crippen LogP contribution in [0.3, 0.4) is 0 Å². The zero-order chi connectivity index (χ0) is 20.1. The number of carbonyl (C=O) groups excluding carboxylic acids is 2. The van der Waals surface area contributed by atoms with Crippen molar-refractivity contribution in [1.82, 2.24) is 5.32 Å². The number of para-hydroxylation sites is 1. The van der Waals surface area contributed by atoms with Crippen LogP contribution in [0.1, 0.15) is 37.9 Å². The van der Waals surface area contributed by atoms with Crippen molar-refractivity contribution in [2.24, 2.45) is 0 Å². The van der Waals surface area contributed by atoms with Gasteiger partial charge >= 0.3 is 5.97 Å². The van der Waals surface area contributed by atoms with Crippen LogP contribution in [0.4, 0.5) is 0 Å². The molecule has 1 atom stereocenters. The molecular formula is C22H25NO5. The quantitative estimate of drug-likeness (QED) is 0.744. The predicted octanol–water partition coefficient (Wildman–Crippen LogP) is 3.20. The van der Waals surface area contributed by atoms with Crippen molar-refractivity contribution < 1.29 is 23.8 Å². The van der Waals surface area contributed by atoms with E-state index in [1.165, 1.54) is 0 Å². The lowest BCUT2D eigenvalue weighted by atomic mass is 10.0. The van der Waals surface area contributed by atoms with Gasteiger partial charge in [-0.15, -0.1) is 0 Å². The Kier molecular flexibility index (Phi) is 5.87. The maximum Gasteiger partial charge on any atom is 0.344 e. The summed E-state index contributed by atoms with van der Waals surface area (Å²) in [6.45, 7) is 5.23. The number of amides is 1. The van der Waals surface area contributed by atoms with Crippen LogP contribution in [0.15, 0.2) is 48.5 Å². The number of nitrogens with one attached hydrogen (secondary N) is 1. The standard InChI is InChI=1S/C22H25NO5/c1-15(16-8-5-4-6-9-16)23-19(24)13-27-20(25)14-26-18-11-7-10-17-12-22(2,3)28-21(17)18/h4-11,15H,12-14H2,1-3H3,(H,23,24)/t15-/m0/s1. The van der Waals surface area contributed by atoms with Crippen LogP contribution in [0, 0.1) is 0 Å². The minimum atomic E-state index is -0.614. The molecule has 0 saturated heterocycles. The first-order valence-electron chi connectivity index (χ1n) is 9.28. The Bertz CT molecular complexity index is 847. The zero-order valence-electron chi connectivity index (χ0n) is 16.4. The van der Waals surface area contributed by atoms with E-state index in [0.29, 0.717) is 11.5 Å². The van der Waals surface area contributed by atoms with E-state index in [1.54, 1.807) is 6.07 Å². The number of esters is 1. The highest BCUT2D eigenvalue weighted by molar-refractivity contribution is 5.81. The third kappa shape index (κ3) is 5.03. The second-order valence-corrected chi connectivity index (χ2v) is 7.43. The lowest BCUT2D eigenvalue weighted by molar-refractivity contribution is -0.150. The molecule has 1 heterocycles. The maximum absolute atomic E-state index is 12.0. The van der Waals surface area contributed by atoms with Gasteiger partial charge in [-0.3, -0.25) is 4.79 Å². The van der Waals surface area contributed by atoms with Crippen LogP contribution in [0.2, 0.25) is 0 Å². The maximum atomic E-state index is 12.0. The van der Waals surface area contributed by atoms with E-state index < -0.39 is 5.97 Å². The smallest absolute Gasteiger partial charge is 0.344 e. The molecule has 0 aliphatic carbocycles. The van der Waals surface area contributed by atoms with Gasteiger partial charge in [0.05, 0.1) is 6.04 Å². The molecule has 0 aromatic heterocycles. The van der Waals surface area contributed by atoms with Gasteiger partial charge in [-0.25, -0.2) is 4.79 Å². The highest BCUT2D eigenvalue weighted by atomic mass is 16.6. The molecule has 0 saturated carbocycles. The topological polar surface area (TPSA) is 73.9 Å². The normalized spacial score (nSPS) is 15.1. The number of ether oxygens (including phenoxy) is 3. The average Bonchev–Trinajstić information content (AvgIpc) is 2.99. The molecule has 28 heavy (non-hydrogen) atoms. The van der Waals surface area contributed by atoms with Gasteiger partial charge in [0, 0.05) is 12.0 Å². The van der Waals surface area contributed by atoms with E-state index >= 15 is 0 Å². The molecule has 148 valence electrons. The minimum absolute atomic E-state index is 0.170. The third-order valence-electron chi connectivity index (χ3n) is 4.44.